The molecule has 2 aromatic heterocycles. The lowest BCUT2D eigenvalue weighted by Crippen LogP contribution is -2.52. The van der Waals surface area contributed by atoms with Crippen LogP contribution in [0.3, 0.4) is 0 Å². The number of aromatic nitrogens is 2. The minimum atomic E-state index is -4.10. The minimum Gasteiger partial charge on any atom is -0.465 e. The van der Waals surface area contributed by atoms with Crippen LogP contribution < -0.4 is 5.73 Å². The van der Waals surface area contributed by atoms with Gasteiger partial charge in [-0.15, -0.1) is 11.3 Å². The largest absolute Gasteiger partial charge is 0.465 e. The number of carbonyl (C=O) groups is 1. The van der Waals surface area contributed by atoms with Crippen LogP contribution in [0.4, 0.5) is 10.8 Å². The number of aliphatic hydroxyl groups excluding tert-OH is 1. The van der Waals surface area contributed by atoms with E-state index < -0.39 is 28.3 Å². The number of anilines is 1. The zero-order valence-corrected chi connectivity index (χ0v) is 23.2. The lowest BCUT2D eigenvalue weighted by molar-refractivity contribution is 0.0341. The smallest absolute Gasteiger partial charge is 0.407 e. The highest BCUT2D eigenvalue weighted by atomic mass is 32.2. The monoisotopic (exact) mass is 573 g/mol. The molecule has 0 spiro atoms. The maximum absolute atomic E-state index is 13.8. The van der Waals surface area contributed by atoms with E-state index in [1.54, 1.807) is 11.7 Å². The molecule has 2 aromatic carbocycles. The Kier molecular flexibility index (Phi) is 8.85. The van der Waals surface area contributed by atoms with Crippen LogP contribution in [0.2, 0.25) is 0 Å². The molecule has 13 heteroatoms. The lowest BCUT2D eigenvalue weighted by atomic mass is 9.99. The summed E-state index contributed by atoms with van der Waals surface area (Å²) in [7, 11) is -4.10. The zero-order valence-electron chi connectivity index (χ0n) is 21.5. The molecule has 0 saturated carbocycles. The van der Waals surface area contributed by atoms with E-state index in [2.05, 4.69) is 9.97 Å². The van der Waals surface area contributed by atoms with Crippen molar-refractivity contribution >= 4 is 44.6 Å². The van der Waals surface area contributed by atoms with Crippen LogP contribution in [0.15, 0.2) is 69.6 Å². The number of nitrogens with two attached hydrogens (primary N) is 1. The average Bonchev–Trinajstić information content (AvgIpc) is 3.53. The number of aliphatic hydroxyl groups is 1. The van der Waals surface area contributed by atoms with Crippen molar-refractivity contribution in [1.29, 1.82) is 0 Å². The molecule has 2 heterocycles. The summed E-state index contributed by atoms with van der Waals surface area (Å²) in [5.41, 5.74) is 8.67. The van der Waals surface area contributed by atoms with E-state index in [0.29, 0.717) is 10.4 Å². The predicted molar refractivity (Wildman–Crippen MR) is 148 cm³/mol. The number of fused-ring (bicyclic) bond motifs is 1. The van der Waals surface area contributed by atoms with E-state index in [1.807, 2.05) is 44.2 Å². The Morgan fingerprint density at radius 2 is 1.90 bits per heavy atom. The molecule has 11 nitrogen and oxygen atoms in total. The van der Waals surface area contributed by atoms with Gasteiger partial charge in [-0.25, -0.2) is 13.2 Å². The van der Waals surface area contributed by atoms with Gasteiger partial charge in [0.2, 0.25) is 10.0 Å². The molecule has 4 aromatic rings. The van der Waals surface area contributed by atoms with Crippen molar-refractivity contribution in [2.24, 2.45) is 5.92 Å². The van der Waals surface area contributed by atoms with Gasteiger partial charge in [-0.3, -0.25) is 9.88 Å². The zero-order chi connectivity index (χ0) is 28.2. The number of benzene rings is 2. The molecule has 0 bridgehead atoms. The van der Waals surface area contributed by atoms with Crippen molar-refractivity contribution in [2.75, 3.05) is 18.8 Å². The van der Waals surface area contributed by atoms with E-state index in [0.717, 1.165) is 10.5 Å². The molecule has 0 fully saturated rings. The first-order chi connectivity index (χ1) is 18.5. The number of nitrogen functional groups attached to an aromatic ring is 1. The number of nitrogens with zero attached hydrogens (tertiary/aromatic N) is 4. The number of oxazole rings is 1. The van der Waals surface area contributed by atoms with Crippen molar-refractivity contribution in [3.8, 4) is 0 Å². The summed E-state index contributed by atoms with van der Waals surface area (Å²) in [6.07, 6.45) is -0.803. The van der Waals surface area contributed by atoms with E-state index in [4.69, 9.17) is 10.2 Å². The third kappa shape index (κ3) is 6.92. The summed E-state index contributed by atoms with van der Waals surface area (Å²) in [6.45, 7) is 3.53. The summed E-state index contributed by atoms with van der Waals surface area (Å²) < 4.78 is 34.1. The minimum absolute atomic E-state index is 0.00900. The van der Waals surface area contributed by atoms with Crippen LogP contribution in [-0.4, -0.2) is 69.1 Å². The number of hydrogen-bond acceptors (Lipinski definition) is 9. The van der Waals surface area contributed by atoms with Crippen LogP contribution in [0.1, 0.15) is 24.3 Å². The van der Waals surface area contributed by atoms with Crippen LogP contribution in [-0.2, 0) is 23.0 Å². The Morgan fingerprint density at radius 1 is 1.15 bits per heavy atom. The number of hydrogen-bond donors (Lipinski definition) is 3. The molecule has 0 saturated heterocycles. The fourth-order valence-corrected chi connectivity index (χ4v) is 6.59. The average molecular weight is 574 g/mol. The molecule has 0 aliphatic carbocycles. The van der Waals surface area contributed by atoms with E-state index >= 15 is 0 Å². The highest BCUT2D eigenvalue weighted by Gasteiger charge is 2.35. The van der Waals surface area contributed by atoms with E-state index in [-0.39, 0.29) is 48.5 Å². The first-order valence-corrected chi connectivity index (χ1v) is 14.6. The van der Waals surface area contributed by atoms with Gasteiger partial charge in [-0.1, -0.05) is 44.2 Å². The first-order valence-electron chi connectivity index (χ1n) is 12.3. The van der Waals surface area contributed by atoms with Gasteiger partial charge in [0.25, 0.3) is 6.01 Å². The van der Waals surface area contributed by atoms with E-state index in [1.165, 1.54) is 33.8 Å². The van der Waals surface area contributed by atoms with Gasteiger partial charge in [-0.05, 0) is 30.0 Å². The Hall–Kier alpha value is -3.52. The van der Waals surface area contributed by atoms with Crippen molar-refractivity contribution < 1.29 is 27.8 Å². The van der Waals surface area contributed by atoms with Gasteiger partial charge in [0, 0.05) is 30.2 Å². The SMILES string of the molecule is CC(C)CN(C[C@@H](O)[C@H](Cc1ccccc1)N(Cc1cncs1)C(=O)O)S(=O)(=O)c1ccc2nc(N)oc2c1. The second kappa shape index (κ2) is 12.1. The quantitative estimate of drug-likeness (QED) is 0.229. The van der Waals surface area contributed by atoms with Crippen LogP contribution in [0.5, 0.6) is 0 Å². The van der Waals surface area contributed by atoms with Gasteiger partial charge in [0.15, 0.2) is 5.58 Å². The second-order valence-electron chi connectivity index (χ2n) is 9.60. The lowest BCUT2D eigenvalue weighted by Gasteiger charge is -2.35. The normalized spacial score (nSPS) is 13.7. The Balaban J connectivity index is 1.67. The molecule has 0 aliphatic heterocycles. The molecule has 208 valence electrons. The van der Waals surface area contributed by atoms with Crippen molar-refractivity contribution in [3.05, 3.63) is 70.7 Å². The summed E-state index contributed by atoms with van der Waals surface area (Å²) in [5.74, 6) is -0.0722. The van der Waals surface area contributed by atoms with Gasteiger partial charge in [0.05, 0.1) is 29.1 Å². The molecule has 0 aliphatic rings. The molecule has 2 atom stereocenters. The number of carboxylic acid groups (broad SMARTS) is 1. The molecule has 0 radical (unpaired) electrons. The maximum atomic E-state index is 13.8. The van der Waals surface area contributed by atoms with Crippen LogP contribution >= 0.6 is 11.3 Å². The standard InChI is InChI=1S/C26H31N5O6S2/c1-17(2)13-30(39(35,36)20-8-9-21-24(11-20)37-25(27)29-21)15-23(32)22(10-18-6-4-3-5-7-18)31(26(33)34)14-19-12-28-16-38-19/h3-9,11-12,16-17,22-23,32H,10,13-15H2,1-2H3,(H2,27,29)(H,33,34)/t22-,23+/m0/s1. The van der Waals surface area contributed by atoms with Crippen LogP contribution in [0.25, 0.3) is 11.1 Å². The highest BCUT2D eigenvalue weighted by molar-refractivity contribution is 7.89. The van der Waals surface area contributed by atoms with Crippen molar-refractivity contribution in [3.63, 3.8) is 0 Å². The fraction of sp³-hybridized carbons (Fsp3) is 0.346. The fourth-order valence-electron chi connectivity index (χ4n) is 4.37. The van der Waals surface area contributed by atoms with Gasteiger partial charge < -0.3 is 20.4 Å². The second-order valence-corrected chi connectivity index (χ2v) is 12.5. The third-order valence-electron chi connectivity index (χ3n) is 6.16. The molecule has 1 amide bonds. The summed E-state index contributed by atoms with van der Waals surface area (Å²) in [6, 6.07) is 12.4. The highest BCUT2D eigenvalue weighted by Crippen LogP contribution is 2.26. The van der Waals surface area contributed by atoms with Crippen LogP contribution in [0, 0.1) is 5.92 Å². The number of thiazole rings is 1. The van der Waals surface area contributed by atoms with Crippen molar-refractivity contribution in [1.82, 2.24) is 19.2 Å². The maximum Gasteiger partial charge on any atom is 0.407 e. The number of amides is 1. The van der Waals surface area contributed by atoms with Gasteiger partial charge in [0.1, 0.15) is 5.52 Å². The molecule has 4 rings (SSSR count). The Morgan fingerprint density at radius 3 is 2.54 bits per heavy atom. The van der Waals surface area contributed by atoms with E-state index in [9.17, 15) is 23.4 Å². The predicted octanol–water partition coefficient (Wildman–Crippen LogP) is 3.67. The number of sulfonamides is 1. The molecule has 39 heavy (non-hydrogen) atoms. The Labute approximate surface area is 230 Å². The van der Waals surface area contributed by atoms with Crippen molar-refractivity contribution in [2.45, 2.75) is 43.9 Å². The van der Waals surface area contributed by atoms with Gasteiger partial charge >= 0.3 is 6.09 Å². The molecule has 0 unspecified atom stereocenters. The topological polar surface area (TPSA) is 163 Å². The molecular weight excluding hydrogens is 542 g/mol. The Bertz CT molecular complexity index is 1490. The summed E-state index contributed by atoms with van der Waals surface area (Å²) in [5, 5.41) is 21.6. The first kappa shape index (κ1) is 28.5. The summed E-state index contributed by atoms with van der Waals surface area (Å²) in [4.78, 5) is 22.2. The molecule has 4 N–H and O–H groups in total. The third-order valence-corrected chi connectivity index (χ3v) is 8.75. The summed E-state index contributed by atoms with van der Waals surface area (Å²) >= 11 is 1.30. The van der Waals surface area contributed by atoms with Gasteiger partial charge in [-0.2, -0.15) is 9.29 Å². The number of rotatable bonds is 12. The molecular formula is C26H31N5O6S2.